The van der Waals surface area contributed by atoms with Gasteiger partial charge in [-0.2, -0.15) is 0 Å². The molecule has 1 fully saturated rings. The van der Waals surface area contributed by atoms with Crippen LogP contribution in [0.3, 0.4) is 0 Å². The summed E-state index contributed by atoms with van der Waals surface area (Å²) in [4.78, 5) is 25.7. The van der Waals surface area contributed by atoms with E-state index in [-0.39, 0.29) is 11.5 Å². The number of aliphatic imine (C=N–C) groups is 2. The normalized spacial score (nSPS) is 13.9. The predicted molar refractivity (Wildman–Crippen MR) is 234 cm³/mol. The minimum absolute atomic E-state index is 0.131. The molecule has 0 spiro atoms. The molecule has 3 heterocycles. The number of nitrogens with zero attached hydrogens (tertiary/aromatic N) is 3. The molecule has 0 atom stereocenters. The molecule has 56 heavy (non-hydrogen) atoms. The Morgan fingerprint density at radius 3 is 2.21 bits per heavy atom. The van der Waals surface area contributed by atoms with Gasteiger partial charge in [-0.3, -0.25) is 9.98 Å². The number of allylic oxidation sites excluding steroid dienone is 2. The number of carboxylic acids is 1. The van der Waals surface area contributed by atoms with Crippen LogP contribution in [0.25, 0.3) is 16.8 Å². The Bertz CT molecular complexity index is 1940. The molecule has 0 unspecified atom stereocenters. The van der Waals surface area contributed by atoms with Gasteiger partial charge in [0.15, 0.2) is 0 Å². The van der Waals surface area contributed by atoms with Gasteiger partial charge in [-0.05, 0) is 102 Å². The zero-order valence-corrected chi connectivity index (χ0v) is 35.3. The minimum Gasteiger partial charge on any atom is -0.493 e. The third-order valence-corrected chi connectivity index (χ3v) is 8.86. The first-order chi connectivity index (χ1) is 27.1. The highest BCUT2D eigenvalue weighted by Gasteiger charge is 2.15. The summed E-state index contributed by atoms with van der Waals surface area (Å²) < 4.78 is 17.5. The molecule has 1 N–H and O–H groups in total. The molecule has 0 saturated carbocycles. The zero-order valence-electron chi connectivity index (χ0n) is 35.3. The summed E-state index contributed by atoms with van der Waals surface area (Å²) in [6, 6.07) is 23.7. The second-order valence-corrected chi connectivity index (χ2v) is 13.9. The van der Waals surface area contributed by atoms with Crippen molar-refractivity contribution in [1.29, 1.82) is 0 Å². The smallest absolute Gasteiger partial charge is 0.335 e. The van der Waals surface area contributed by atoms with Crippen molar-refractivity contribution in [2.24, 2.45) is 15.9 Å². The summed E-state index contributed by atoms with van der Waals surface area (Å²) in [5.41, 5.74) is 10.2. The Kier molecular flexibility index (Phi) is 19.2. The fourth-order valence-corrected chi connectivity index (χ4v) is 6.05. The molecule has 1 saturated heterocycles. The first-order valence-electron chi connectivity index (χ1n) is 20.2. The quantitative estimate of drug-likeness (QED) is 0.179. The highest BCUT2D eigenvalue weighted by atomic mass is 16.5. The average molecular weight is 762 g/mol. The van der Waals surface area contributed by atoms with Crippen molar-refractivity contribution >= 4 is 29.2 Å². The molecular formula is C48H63N3O5. The lowest BCUT2D eigenvalue weighted by atomic mass is 9.95. The number of aromatic carboxylic acids is 1. The lowest BCUT2D eigenvalue weighted by molar-refractivity contribution is 0.0367. The fourth-order valence-electron chi connectivity index (χ4n) is 6.05. The molecule has 0 aliphatic carbocycles. The molecule has 2 aliphatic rings. The maximum absolute atomic E-state index is 11.6. The topological polar surface area (TPSA) is 103 Å². The van der Waals surface area contributed by atoms with E-state index in [0.717, 1.165) is 82.3 Å². The van der Waals surface area contributed by atoms with Gasteiger partial charge in [0, 0.05) is 50.2 Å². The molecular weight excluding hydrogens is 699 g/mol. The summed E-state index contributed by atoms with van der Waals surface area (Å²) in [7, 11) is 1.80. The average Bonchev–Trinajstić information content (AvgIpc) is 3.16. The maximum atomic E-state index is 11.6. The second-order valence-electron chi connectivity index (χ2n) is 13.9. The van der Waals surface area contributed by atoms with Crippen LogP contribution < -0.4 is 9.47 Å². The number of rotatable bonds is 8. The van der Waals surface area contributed by atoms with Gasteiger partial charge in [-0.25, -0.2) is 9.78 Å². The summed E-state index contributed by atoms with van der Waals surface area (Å²) in [6.07, 6.45) is 7.68. The second kappa shape index (κ2) is 23.8. The van der Waals surface area contributed by atoms with Crippen LogP contribution >= 0.6 is 0 Å². The number of pyridine rings is 1. The highest BCUT2D eigenvalue weighted by Crippen LogP contribution is 2.32. The van der Waals surface area contributed by atoms with Crippen LogP contribution in [0.5, 0.6) is 11.6 Å². The Hall–Kier alpha value is -5.08. The number of ether oxygens (including phenoxy) is 3. The lowest BCUT2D eigenvalue weighted by Gasteiger charge is -2.17. The van der Waals surface area contributed by atoms with Crippen molar-refractivity contribution < 1.29 is 24.1 Å². The lowest BCUT2D eigenvalue weighted by Crippen LogP contribution is -2.09. The van der Waals surface area contributed by atoms with Gasteiger partial charge in [-0.15, -0.1) is 0 Å². The molecule has 2 aliphatic heterocycles. The molecule has 1 aromatic heterocycles. The van der Waals surface area contributed by atoms with Crippen LogP contribution in [-0.2, 0) is 24.2 Å². The monoisotopic (exact) mass is 761 g/mol. The SMILES string of the molecule is C1COC1.CC.CC.CN=C/C(=C\C(C)C)c1ccc2c(c1)CCCOc1cc(ccc1CC(C)=Nc1ccc(C(=O)O)cc1C(C)C)-c1cccc(n1)OC2. The van der Waals surface area contributed by atoms with Gasteiger partial charge in [0.1, 0.15) is 12.4 Å². The van der Waals surface area contributed by atoms with Gasteiger partial charge in [0.2, 0.25) is 5.88 Å². The first kappa shape index (κ1) is 45.3. The number of fused-ring (bicyclic) bond motifs is 6. The zero-order chi connectivity index (χ0) is 41.0. The molecule has 4 bridgehead atoms. The molecule has 4 aromatic rings. The van der Waals surface area contributed by atoms with Crippen molar-refractivity contribution in [3.63, 3.8) is 0 Å². The third-order valence-electron chi connectivity index (χ3n) is 8.86. The van der Waals surface area contributed by atoms with E-state index in [1.165, 1.54) is 12.0 Å². The number of hydrogen-bond acceptors (Lipinski definition) is 7. The maximum Gasteiger partial charge on any atom is 0.335 e. The van der Waals surface area contributed by atoms with Crippen LogP contribution in [0.2, 0.25) is 0 Å². The van der Waals surface area contributed by atoms with E-state index in [2.05, 4.69) is 61.3 Å². The van der Waals surface area contributed by atoms with Crippen molar-refractivity contribution in [2.45, 2.75) is 101 Å². The van der Waals surface area contributed by atoms with Gasteiger partial charge in [0.05, 0.1) is 23.6 Å². The van der Waals surface area contributed by atoms with E-state index in [9.17, 15) is 9.90 Å². The number of carbonyl (C=O) groups is 1. The highest BCUT2D eigenvalue weighted by molar-refractivity contribution is 6.09. The first-order valence-corrected chi connectivity index (χ1v) is 20.2. The van der Waals surface area contributed by atoms with E-state index in [1.54, 1.807) is 25.2 Å². The Morgan fingerprint density at radius 2 is 1.57 bits per heavy atom. The van der Waals surface area contributed by atoms with Crippen LogP contribution in [0.15, 0.2) is 88.9 Å². The van der Waals surface area contributed by atoms with Crippen LogP contribution in [0.1, 0.15) is 119 Å². The van der Waals surface area contributed by atoms with E-state index in [0.29, 0.717) is 31.4 Å². The molecule has 300 valence electrons. The molecule has 0 amide bonds. The number of hydrogen-bond donors (Lipinski definition) is 1. The summed E-state index contributed by atoms with van der Waals surface area (Å²) >= 11 is 0. The molecule has 0 radical (unpaired) electrons. The van der Waals surface area contributed by atoms with E-state index >= 15 is 0 Å². The van der Waals surface area contributed by atoms with Crippen molar-refractivity contribution in [3.05, 3.63) is 112 Å². The molecule has 8 nitrogen and oxygen atoms in total. The molecule has 6 rings (SSSR count). The van der Waals surface area contributed by atoms with Crippen LogP contribution in [0.4, 0.5) is 5.69 Å². The Morgan fingerprint density at radius 1 is 0.857 bits per heavy atom. The van der Waals surface area contributed by atoms with Crippen molar-refractivity contribution in [3.8, 4) is 22.9 Å². The fraction of sp³-hybridized carbons (Fsp3) is 0.417. The van der Waals surface area contributed by atoms with E-state index in [1.807, 2.05) is 72.9 Å². The van der Waals surface area contributed by atoms with Crippen LogP contribution in [0, 0.1) is 5.92 Å². The van der Waals surface area contributed by atoms with Crippen LogP contribution in [-0.4, -0.2) is 54.9 Å². The summed E-state index contributed by atoms with van der Waals surface area (Å²) in [5.74, 6) is 0.962. The third kappa shape index (κ3) is 13.6. The summed E-state index contributed by atoms with van der Waals surface area (Å²) in [5, 5.41) is 9.49. The standard InChI is InChI=1S/C41H45N3O4.C3H6O.2C2H6/c1-26(2)19-35(24-42-6)30-12-15-34-25-48-40-11-7-10-37(44-40)31-13-14-32(39(23-31)47-18-8-9-29(34)21-30)20-28(5)43-38-17-16-33(41(45)46)22-36(38)27(3)4;1-2-4-3-1;2*1-2/h7,10-17,19,21-24,26-27H,8-9,18,20,25H2,1-6H3,(H,45,46);1-3H2;2*1-2H3/b35-19+,42-24?,43-28?;;;. The van der Waals surface area contributed by atoms with E-state index < -0.39 is 5.97 Å². The molecule has 8 heteroatoms. The minimum atomic E-state index is -0.939. The van der Waals surface area contributed by atoms with Crippen molar-refractivity contribution in [1.82, 2.24) is 4.98 Å². The van der Waals surface area contributed by atoms with Gasteiger partial charge in [0.25, 0.3) is 0 Å². The summed E-state index contributed by atoms with van der Waals surface area (Å²) in [6.45, 7) is 21.4. The number of benzene rings is 3. The number of carboxylic acid groups (broad SMARTS) is 1. The predicted octanol–water partition coefficient (Wildman–Crippen LogP) is 12.0. The van der Waals surface area contributed by atoms with Crippen molar-refractivity contribution in [2.75, 3.05) is 26.9 Å². The van der Waals surface area contributed by atoms with Gasteiger partial charge >= 0.3 is 5.97 Å². The number of aromatic nitrogens is 1. The Balaban J connectivity index is 0.000000959. The Labute approximate surface area is 335 Å². The largest absolute Gasteiger partial charge is 0.493 e. The van der Waals surface area contributed by atoms with E-state index in [4.69, 9.17) is 24.2 Å². The van der Waals surface area contributed by atoms with Gasteiger partial charge in [-0.1, -0.05) is 97.9 Å². The molecule has 3 aromatic carbocycles. The van der Waals surface area contributed by atoms with Gasteiger partial charge < -0.3 is 19.3 Å². The number of aryl methyl sites for hydroxylation is 1.